The van der Waals surface area contributed by atoms with Crippen molar-refractivity contribution in [1.82, 2.24) is 34.7 Å². The molecule has 0 aliphatic heterocycles. The lowest BCUT2D eigenvalue weighted by molar-refractivity contribution is 0.0367. The summed E-state index contributed by atoms with van der Waals surface area (Å²) in [5, 5.41) is 34.8. The van der Waals surface area contributed by atoms with Crippen molar-refractivity contribution in [3.8, 4) is 17.6 Å². The Labute approximate surface area is 217 Å². The third-order valence-corrected chi connectivity index (χ3v) is 6.93. The molecule has 13 heteroatoms. The highest BCUT2D eigenvalue weighted by Gasteiger charge is 2.26. The first-order valence-corrected chi connectivity index (χ1v) is 12.5. The molecule has 1 aliphatic rings. The van der Waals surface area contributed by atoms with Gasteiger partial charge in [-0.05, 0) is 44.1 Å². The fourth-order valence-corrected chi connectivity index (χ4v) is 4.87. The predicted molar refractivity (Wildman–Crippen MR) is 136 cm³/mol. The maximum atomic E-state index is 13.8. The first-order chi connectivity index (χ1) is 18.3. The molecule has 4 N–H and O–H groups in total. The molecule has 4 aromatic heterocycles. The highest BCUT2D eigenvalue weighted by molar-refractivity contribution is 5.80. The number of hydrogen-bond donors (Lipinski definition) is 3. The summed E-state index contributed by atoms with van der Waals surface area (Å²) in [5.41, 5.74) is 8.18. The molecule has 1 saturated carbocycles. The Hall–Kier alpha value is -4.18. The smallest absolute Gasteiger partial charge is 0.262 e. The number of aliphatic hydroxyl groups excluding tert-OH is 1. The van der Waals surface area contributed by atoms with E-state index in [-0.39, 0.29) is 23.9 Å². The molecule has 0 aromatic carbocycles. The molecule has 0 amide bonds. The lowest BCUT2D eigenvalue weighted by Gasteiger charge is -2.26. The highest BCUT2D eigenvalue weighted by atomic mass is 19.3. The van der Waals surface area contributed by atoms with E-state index in [1.54, 1.807) is 16.8 Å². The van der Waals surface area contributed by atoms with Gasteiger partial charge in [0, 0.05) is 30.9 Å². The van der Waals surface area contributed by atoms with Crippen molar-refractivity contribution in [3.63, 3.8) is 0 Å². The van der Waals surface area contributed by atoms with Crippen LogP contribution in [0.1, 0.15) is 56.2 Å². The number of nitrogen functional groups attached to an aromatic ring is 1. The Kier molecular flexibility index (Phi) is 6.90. The third kappa shape index (κ3) is 5.26. The predicted octanol–water partition coefficient (Wildman–Crippen LogP) is 3.57. The molecule has 38 heavy (non-hydrogen) atoms. The average molecular weight is 523 g/mol. The number of aliphatic hydroxyl groups is 1. The number of hydrogen-bond acceptors (Lipinski definition) is 9. The topological polar surface area (TPSA) is 156 Å². The van der Waals surface area contributed by atoms with E-state index in [1.165, 1.54) is 17.1 Å². The lowest BCUT2D eigenvalue weighted by Crippen LogP contribution is -2.23. The van der Waals surface area contributed by atoms with E-state index in [0.29, 0.717) is 34.1 Å². The molecule has 0 saturated heterocycles. The molecule has 1 aliphatic carbocycles. The normalized spacial score (nSPS) is 18.0. The SMILES string of the molecule is CC(F)(F)CNc1cc(-n2ncc3cc(C#N)c(N)nc32)ncc1-n1cc(C2CCC(CCO)CC2)nn1. The summed E-state index contributed by atoms with van der Waals surface area (Å²) in [6.07, 6.45) is 9.66. The fraction of sp³-hybridized carbons (Fsp3) is 0.440. The Morgan fingerprint density at radius 1 is 1.24 bits per heavy atom. The number of halogens is 2. The molecule has 5 rings (SSSR count). The van der Waals surface area contributed by atoms with Gasteiger partial charge >= 0.3 is 0 Å². The zero-order valence-corrected chi connectivity index (χ0v) is 20.8. The molecule has 0 radical (unpaired) electrons. The summed E-state index contributed by atoms with van der Waals surface area (Å²) in [6.45, 7) is 0.444. The Morgan fingerprint density at radius 3 is 2.74 bits per heavy atom. The van der Waals surface area contributed by atoms with Crippen LogP contribution in [0, 0.1) is 17.2 Å². The third-order valence-electron chi connectivity index (χ3n) is 6.93. The molecule has 0 unspecified atom stereocenters. The quantitative estimate of drug-likeness (QED) is 0.315. The molecule has 1 fully saturated rings. The van der Waals surface area contributed by atoms with Crippen LogP contribution in [0.3, 0.4) is 0 Å². The minimum atomic E-state index is -2.95. The molecule has 11 nitrogen and oxygen atoms in total. The lowest BCUT2D eigenvalue weighted by atomic mass is 9.79. The van der Waals surface area contributed by atoms with Crippen molar-refractivity contribution >= 4 is 22.5 Å². The van der Waals surface area contributed by atoms with E-state index in [2.05, 4.69) is 30.7 Å². The van der Waals surface area contributed by atoms with Crippen molar-refractivity contribution in [1.29, 1.82) is 5.26 Å². The fourth-order valence-electron chi connectivity index (χ4n) is 4.87. The van der Waals surface area contributed by atoms with Crippen molar-refractivity contribution in [3.05, 3.63) is 42.0 Å². The monoisotopic (exact) mass is 522 g/mol. The molecular formula is C25H28F2N10O. The van der Waals surface area contributed by atoms with Gasteiger partial charge in [0.1, 0.15) is 17.6 Å². The van der Waals surface area contributed by atoms with Crippen LogP contribution < -0.4 is 11.1 Å². The van der Waals surface area contributed by atoms with Gasteiger partial charge in [0.05, 0.1) is 42.1 Å². The zero-order chi connectivity index (χ0) is 26.9. The number of pyridine rings is 2. The summed E-state index contributed by atoms with van der Waals surface area (Å²) in [7, 11) is 0. The molecule has 0 spiro atoms. The summed E-state index contributed by atoms with van der Waals surface area (Å²) in [5.74, 6) is -1.78. The molecule has 0 bridgehead atoms. The molecule has 4 aromatic rings. The minimum Gasteiger partial charge on any atom is -0.396 e. The van der Waals surface area contributed by atoms with Gasteiger partial charge in [0.15, 0.2) is 11.5 Å². The van der Waals surface area contributed by atoms with Gasteiger partial charge < -0.3 is 16.2 Å². The van der Waals surface area contributed by atoms with Gasteiger partial charge in [-0.1, -0.05) is 5.21 Å². The van der Waals surface area contributed by atoms with Crippen LogP contribution in [0.4, 0.5) is 20.3 Å². The molecule has 198 valence electrons. The summed E-state index contributed by atoms with van der Waals surface area (Å²) in [4.78, 5) is 8.78. The van der Waals surface area contributed by atoms with Gasteiger partial charge in [0.2, 0.25) is 0 Å². The molecular weight excluding hydrogens is 494 g/mol. The van der Waals surface area contributed by atoms with Gasteiger partial charge in [-0.15, -0.1) is 5.10 Å². The van der Waals surface area contributed by atoms with Crippen LogP contribution in [-0.4, -0.2) is 58.9 Å². The van der Waals surface area contributed by atoms with E-state index < -0.39 is 12.5 Å². The van der Waals surface area contributed by atoms with Crippen molar-refractivity contribution in [2.75, 3.05) is 24.2 Å². The summed E-state index contributed by atoms with van der Waals surface area (Å²) in [6, 6.07) is 5.16. The minimum absolute atomic E-state index is 0.0582. The van der Waals surface area contributed by atoms with Crippen LogP contribution in [0.15, 0.2) is 30.7 Å². The standard InChI is InChI=1S/C25H28F2N10O/c1-25(26,27)14-31-19-9-22(37-24-18(11-32-37)8-17(10-28)23(29)33-24)30-12-21(19)36-13-20(34-35-36)16-4-2-15(3-5-16)6-7-38/h8-9,11-13,15-16,38H,2-7,14H2,1H3,(H2,29,33)(H,30,31). The van der Waals surface area contributed by atoms with Crippen molar-refractivity contribution in [2.24, 2.45) is 5.92 Å². The summed E-state index contributed by atoms with van der Waals surface area (Å²) >= 11 is 0. The van der Waals surface area contributed by atoms with Crippen LogP contribution in [0.2, 0.25) is 0 Å². The van der Waals surface area contributed by atoms with E-state index in [9.17, 15) is 19.1 Å². The number of alkyl halides is 2. The Balaban J connectivity index is 1.47. The van der Waals surface area contributed by atoms with E-state index in [0.717, 1.165) is 44.7 Å². The van der Waals surface area contributed by atoms with Crippen LogP contribution in [-0.2, 0) is 0 Å². The average Bonchev–Trinajstić information content (AvgIpc) is 3.54. The first kappa shape index (κ1) is 25.5. The van der Waals surface area contributed by atoms with Gasteiger partial charge in [0.25, 0.3) is 5.92 Å². The highest BCUT2D eigenvalue weighted by Crippen LogP contribution is 2.36. The number of nitrogens with one attached hydrogen (secondary N) is 1. The molecule has 0 atom stereocenters. The van der Waals surface area contributed by atoms with E-state index in [4.69, 9.17) is 5.73 Å². The van der Waals surface area contributed by atoms with Gasteiger partial charge in [-0.2, -0.15) is 15.0 Å². The van der Waals surface area contributed by atoms with Crippen molar-refractivity contribution in [2.45, 2.75) is 50.9 Å². The second-order valence-electron chi connectivity index (χ2n) is 9.80. The van der Waals surface area contributed by atoms with Gasteiger partial charge in [-0.3, -0.25) is 0 Å². The molecule has 4 heterocycles. The number of rotatable bonds is 8. The van der Waals surface area contributed by atoms with Crippen LogP contribution in [0.5, 0.6) is 0 Å². The maximum absolute atomic E-state index is 13.8. The van der Waals surface area contributed by atoms with Gasteiger partial charge in [-0.25, -0.2) is 23.4 Å². The van der Waals surface area contributed by atoms with Crippen molar-refractivity contribution < 1.29 is 13.9 Å². The second kappa shape index (κ2) is 10.3. The van der Waals surface area contributed by atoms with Crippen LogP contribution in [0.25, 0.3) is 22.5 Å². The Bertz CT molecular complexity index is 1480. The first-order valence-electron chi connectivity index (χ1n) is 12.5. The number of nitrogens with zero attached hydrogens (tertiary/aromatic N) is 8. The summed E-state index contributed by atoms with van der Waals surface area (Å²) < 4.78 is 30.5. The second-order valence-corrected chi connectivity index (χ2v) is 9.80. The zero-order valence-electron chi connectivity index (χ0n) is 20.8. The Morgan fingerprint density at radius 2 is 2.03 bits per heavy atom. The van der Waals surface area contributed by atoms with Crippen LogP contribution >= 0.6 is 0 Å². The number of anilines is 2. The number of fused-ring (bicyclic) bond motifs is 1. The van der Waals surface area contributed by atoms with E-state index >= 15 is 0 Å². The largest absolute Gasteiger partial charge is 0.396 e. The number of nitrogens with two attached hydrogens (primary N) is 1. The number of aromatic nitrogens is 7. The number of nitriles is 1. The van der Waals surface area contributed by atoms with E-state index in [1.807, 2.05) is 12.3 Å². The maximum Gasteiger partial charge on any atom is 0.262 e.